The highest BCUT2D eigenvalue weighted by atomic mass is 16.1. The molecule has 0 spiro atoms. The number of hydrogen-bond donors (Lipinski definition) is 2. The molecule has 0 saturated carbocycles. The minimum atomic E-state index is -0.0609. The fraction of sp³-hybridized carbons (Fsp3) is 0.188. The Bertz CT molecular complexity index is 585. The van der Waals surface area contributed by atoms with Crippen molar-refractivity contribution in [3.05, 3.63) is 64.7 Å². The molecule has 0 radical (unpaired) electrons. The summed E-state index contributed by atoms with van der Waals surface area (Å²) in [5, 5.41) is 2.90. The first-order valence-corrected chi connectivity index (χ1v) is 6.25. The van der Waals surface area contributed by atoms with Crippen LogP contribution >= 0.6 is 0 Å². The third-order valence-corrected chi connectivity index (χ3v) is 2.89. The lowest BCUT2D eigenvalue weighted by Gasteiger charge is -2.07. The summed E-state index contributed by atoms with van der Waals surface area (Å²) in [7, 11) is 0. The van der Waals surface area contributed by atoms with E-state index >= 15 is 0 Å². The summed E-state index contributed by atoms with van der Waals surface area (Å²) < 4.78 is 0. The Balaban J connectivity index is 2.05. The molecule has 0 aliphatic heterocycles. The molecule has 0 atom stereocenters. The normalized spacial score (nSPS) is 10.2. The van der Waals surface area contributed by atoms with Crippen LogP contribution in [0.4, 0.5) is 5.69 Å². The lowest BCUT2D eigenvalue weighted by atomic mass is 10.1. The summed E-state index contributed by atoms with van der Waals surface area (Å²) in [6, 6.07) is 13.3. The van der Waals surface area contributed by atoms with Crippen molar-refractivity contribution in [2.24, 2.45) is 0 Å². The predicted octanol–water partition coefficient (Wildman–Crippen LogP) is 2.82. The van der Waals surface area contributed by atoms with Gasteiger partial charge in [0.15, 0.2) is 0 Å². The second-order valence-electron chi connectivity index (χ2n) is 4.80. The first-order chi connectivity index (χ1) is 9.04. The largest absolute Gasteiger partial charge is 0.399 e. The van der Waals surface area contributed by atoms with Crippen LogP contribution in [0, 0.1) is 13.8 Å². The standard InChI is InChI=1S/C16H18N2O/c1-11-6-12(2)8-14(7-11)16(19)18-10-13-4-3-5-15(17)9-13/h3-9H,10,17H2,1-2H3,(H,18,19). The summed E-state index contributed by atoms with van der Waals surface area (Å²) in [6.45, 7) is 4.46. The monoisotopic (exact) mass is 254 g/mol. The van der Waals surface area contributed by atoms with Gasteiger partial charge < -0.3 is 11.1 Å². The van der Waals surface area contributed by atoms with E-state index in [1.807, 2.05) is 50.2 Å². The predicted molar refractivity (Wildman–Crippen MR) is 77.9 cm³/mol. The average molecular weight is 254 g/mol. The van der Waals surface area contributed by atoms with E-state index in [0.29, 0.717) is 17.8 Å². The number of anilines is 1. The van der Waals surface area contributed by atoms with Crippen LogP contribution in [0.15, 0.2) is 42.5 Å². The van der Waals surface area contributed by atoms with Gasteiger partial charge in [0.1, 0.15) is 0 Å². The first-order valence-electron chi connectivity index (χ1n) is 6.25. The number of benzene rings is 2. The van der Waals surface area contributed by atoms with Gasteiger partial charge in [-0.15, -0.1) is 0 Å². The molecule has 0 unspecified atom stereocenters. The van der Waals surface area contributed by atoms with Gasteiger partial charge in [0, 0.05) is 17.8 Å². The van der Waals surface area contributed by atoms with E-state index in [1.54, 1.807) is 0 Å². The van der Waals surface area contributed by atoms with Gasteiger partial charge in [0.25, 0.3) is 5.91 Å². The van der Waals surface area contributed by atoms with Crippen molar-refractivity contribution in [1.82, 2.24) is 5.32 Å². The molecule has 0 aromatic heterocycles. The minimum absolute atomic E-state index is 0.0609. The van der Waals surface area contributed by atoms with Gasteiger partial charge in [-0.25, -0.2) is 0 Å². The number of nitrogen functional groups attached to an aromatic ring is 1. The van der Waals surface area contributed by atoms with Crippen LogP contribution in [0.3, 0.4) is 0 Å². The highest BCUT2D eigenvalue weighted by Gasteiger charge is 2.06. The van der Waals surface area contributed by atoms with E-state index in [2.05, 4.69) is 11.4 Å². The van der Waals surface area contributed by atoms with Crippen molar-refractivity contribution >= 4 is 11.6 Å². The number of amides is 1. The maximum absolute atomic E-state index is 12.1. The maximum Gasteiger partial charge on any atom is 0.251 e. The zero-order valence-electron chi connectivity index (χ0n) is 11.2. The molecule has 3 heteroatoms. The second-order valence-corrected chi connectivity index (χ2v) is 4.80. The Labute approximate surface area is 113 Å². The molecule has 1 amide bonds. The van der Waals surface area contributed by atoms with Crippen LogP contribution in [-0.2, 0) is 6.54 Å². The van der Waals surface area contributed by atoms with Gasteiger partial charge in [-0.1, -0.05) is 29.3 Å². The Hall–Kier alpha value is -2.29. The highest BCUT2D eigenvalue weighted by molar-refractivity contribution is 5.94. The Morgan fingerprint density at radius 3 is 2.42 bits per heavy atom. The smallest absolute Gasteiger partial charge is 0.251 e. The molecule has 2 aromatic rings. The van der Waals surface area contributed by atoms with E-state index in [9.17, 15) is 4.79 Å². The molecule has 0 aliphatic rings. The Morgan fingerprint density at radius 1 is 1.11 bits per heavy atom. The number of carbonyl (C=O) groups excluding carboxylic acids is 1. The van der Waals surface area contributed by atoms with Crippen LogP contribution in [0.2, 0.25) is 0 Å². The molecular weight excluding hydrogens is 236 g/mol. The zero-order valence-corrected chi connectivity index (χ0v) is 11.2. The quantitative estimate of drug-likeness (QED) is 0.827. The number of rotatable bonds is 3. The van der Waals surface area contributed by atoms with E-state index in [-0.39, 0.29) is 5.91 Å². The van der Waals surface area contributed by atoms with Crippen molar-refractivity contribution in [2.75, 3.05) is 5.73 Å². The van der Waals surface area contributed by atoms with E-state index < -0.39 is 0 Å². The summed E-state index contributed by atoms with van der Waals surface area (Å²) >= 11 is 0. The molecule has 98 valence electrons. The van der Waals surface area contributed by atoms with Crippen LogP contribution in [-0.4, -0.2) is 5.91 Å². The van der Waals surface area contributed by atoms with E-state index in [0.717, 1.165) is 16.7 Å². The van der Waals surface area contributed by atoms with Crippen molar-refractivity contribution in [1.29, 1.82) is 0 Å². The van der Waals surface area contributed by atoms with Crippen molar-refractivity contribution in [3.8, 4) is 0 Å². The summed E-state index contributed by atoms with van der Waals surface area (Å²) in [5.74, 6) is -0.0609. The molecule has 0 bridgehead atoms. The Morgan fingerprint density at radius 2 is 1.79 bits per heavy atom. The molecule has 2 rings (SSSR count). The molecule has 0 heterocycles. The number of aryl methyl sites for hydroxylation is 2. The topological polar surface area (TPSA) is 55.1 Å². The maximum atomic E-state index is 12.1. The fourth-order valence-electron chi connectivity index (χ4n) is 2.09. The number of nitrogens with one attached hydrogen (secondary N) is 1. The molecule has 2 aromatic carbocycles. The van der Waals surface area contributed by atoms with Crippen molar-refractivity contribution in [3.63, 3.8) is 0 Å². The first kappa shape index (κ1) is 13.1. The van der Waals surface area contributed by atoms with E-state index in [4.69, 9.17) is 5.73 Å². The number of hydrogen-bond acceptors (Lipinski definition) is 2. The van der Waals surface area contributed by atoms with Gasteiger partial charge >= 0.3 is 0 Å². The molecule has 19 heavy (non-hydrogen) atoms. The van der Waals surface area contributed by atoms with Gasteiger partial charge in [-0.2, -0.15) is 0 Å². The minimum Gasteiger partial charge on any atom is -0.399 e. The summed E-state index contributed by atoms with van der Waals surface area (Å²) in [5.41, 5.74) is 10.3. The number of carbonyl (C=O) groups is 1. The van der Waals surface area contributed by atoms with Crippen LogP contribution in [0.25, 0.3) is 0 Å². The van der Waals surface area contributed by atoms with Crippen LogP contribution in [0.5, 0.6) is 0 Å². The molecule has 3 nitrogen and oxygen atoms in total. The third kappa shape index (κ3) is 3.58. The second kappa shape index (κ2) is 5.57. The molecular formula is C16H18N2O. The molecule has 0 saturated heterocycles. The van der Waals surface area contributed by atoms with Crippen molar-refractivity contribution in [2.45, 2.75) is 20.4 Å². The SMILES string of the molecule is Cc1cc(C)cc(C(=O)NCc2cccc(N)c2)c1. The lowest BCUT2D eigenvalue weighted by molar-refractivity contribution is 0.0950. The van der Waals surface area contributed by atoms with Gasteiger partial charge in [0.2, 0.25) is 0 Å². The lowest BCUT2D eigenvalue weighted by Crippen LogP contribution is -2.23. The number of nitrogens with two attached hydrogens (primary N) is 1. The van der Waals surface area contributed by atoms with Crippen molar-refractivity contribution < 1.29 is 4.79 Å². The third-order valence-electron chi connectivity index (χ3n) is 2.89. The van der Waals surface area contributed by atoms with Gasteiger partial charge in [-0.3, -0.25) is 4.79 Å². The highest BCUT2D eigenvalue weighted by Crippen LogP contribution is 2.10. The zero-order chi connectivity index (χ0) is 13.8. The van der Waals surface area contributed by atoms with E-state index in [1.165, 1.54) is 0 Å². The average Bonchev–Trinajstić information content (AvgIpc) is 2.35. The van der Waals surface area contributed by atoms with Crippen LogP contribution in [0.1, 0.15) is 27.0 Å². The Kier molecular flexibility index (Phi) is 3.85. The molecule has 0 fully saturated rings. The summed E-state index contributed by atoms with van der Waals surface area (Å²) in [4.78, 5) is 12.1. The van der Waals surface area contributed by atoms with Gasteiger partial charge in [0.05, 0.1) is 0 Å². The van der Waals surface area contributed by atoms with Gasteiger partial charge in [-0.05, 0) is 43.7 Å². The molecule has 3 N–H and O–H groups in total. The summed E-state index contributed by atoms with van der Waals surface area (Å²) in [6.07, 6.45) is 0. The molecule has 0 aliphatic carbocycles. The van der Waals surface area contributed by atoms with Crippen LogP contribution < -0.4 is 11.1 Å². The fourth-order valence-corrected chi connectivity index (χ4v) is 2.09.